The highest BCUT2D eigenvalue weighted by molar-refractivity contribution is 9.10. The highest BCUT2D eigenvalue weighted by Gasteiger charge is 2.04. The zero-order valence-electron chi connectivity index (χ0n) is 10.7. The first-order valence-corrected chi connectivity index (χ1v) is 7.09. The van der Waals surface area contributed by atoms with Gasteiger partial charge in [0.25, 0.3) is 0 Å². The van der Waals surface area contributed by atoms with Gasteiger partial charge >= 0.3 is 0 Å². The number of fused-ring (bicyclic) bond motifs is 1. The van der Waals surface area contributed by atoms with Crippen LogP contribution in [0.2, 0.25) is 0 Å². The van der Waals surface area contributed by atoms with Gasteiger partial charge in [0.2, 0.25) is 0 Å². The predicted octanol–water partition coefficient (Wildman–Crippen LogP) is 4.85. The number of anilines is 1. The average Bonchev–Trinajstić information content (AvgIpc) is 2.89. The Morgan fingerprint density at radius 1 is 1.11 bits per heavy atom. The normalized spacial score (nSPS) is 10.8. The highest BCUT2D eigenvalue weighted by atomic mass is 79.9. The highest BCUT2D eigenvalue weighted by Crippen LogP contribution is 2.25. The zero-order valence-corrected chi connectivity index (χ0v) is 12.3. The van der Waals surface area contributed by atoms with E-state index in [0.717, 1.165) is 16.7 Å². The van der Waals surface area contributed by atoms with Crippen LogP contribution < -0.4 is 5.32 Å². The lowest BCUT2D eigenvalue weighted by Crippen LogP contribution is -2.01. The smallest absolute Gasteiger partial charge is 0.0504 e. The van der Waals surface area contributed by atoms with Gasteiger partial charge in [-0.05, 0) is 41.6 Å². The van der Waals surface area contributed by atoms with Crippen LogP contribution in [0, 0.1) is 6.92 Å². The van der Waals surface area contributed by atoms with Gasteiger partial charge in [-0.1, -0.05) is 40.2 Å². The van der Waals surface area contributed by atoms with Crippen molar-refractivity contribution < 1.29 is 0 Å². The Morgan fingerprint density at radius 3 is 2.84 bits per heavy atom. The molecule has 96 valence electrons. The first-order valence-electron chi connectivity index (χ1n) is 6.29. The molecule has 3 rings (SSSR count). The molecule has 2 aromatic carbocycles. The number of rotatable bonds is 3. The van der Waals surface area contributed by atoms with Crippen LogP contribution in [-0.2, 0) is 6.54 Å². The molecule has 3 heteroatoms. The molecule has 1 aromatic heterocycles. The molecule has 0 amide bonds. The van der Waals surface area contributed by atoms with E-state index in [1.165, 1.54) is 22.0 Å². The minimum Gasteiger partial charge on any atom is -0.381 e. The number of aromatic nitrogens is 1. The summed E-state index contributed by atoms with van der Waals surface area (Å²) in [5, 5.41) is 4.76. The van der Waals surface area contributed by atoms with Crippen molar-refractivity contribution in [3.05, 3.63) is 64.3 Å². The van der Waals surface area contributed by atoms with Gasteiger partial charge in [-0.15, -0.1) is 0 Å². The van der Waals surface area contributed by atoms with Crippen molar-refractivity contribution in [2.45, 2.75) is 13.5 Å². The van der Waals surface area contributed by atoms with E-state index in [4.69, 9.17) is 0 Å². The van der Waals surface area contributed by atoms with E-state index in [2.05, 4.69) is 75.6 Å². The third kappa shape index (κ3) is 2.38. The Morgan fingerprint density at radius 2 is 1.95 bits per heavy atom. The summed E-state index contributed by atoms with van der Waals surface area (Å²) >= 11 is 3.56. The van der Waals surface area contributed by atoms with Crippen molar-refractivity contribution in [3.63, 3.8) is 0 Å². The molecule has 0 unspecified atom stereocenters. The molecule has 0 aliphatic rings. The fourth-order valence-corrected chi connectivity index (χ4v) is 2.65. The van der Waals surface area contributed by atoms with Gasteiger partial charge in [0, 0.05) is 22.9 Å². The van der Waals surface area contributed by atoms with E-state index in [0.29, 0.717) is 0 Å². The van der Waals surface area contributed by atoms with Gasteiger partial charge in [0.1, 0.15) is 0 Å². The van der Waals surface area contributed by atoms with Crippen LogP contribution >= 0.6 is 15.9 Å². The van der Waals surface area contributed by atoms with Crippen LogP contribution in [0.15, 0.2) is 53.1 Å². The lowest BCUT2D eigenvalue weighted by molar-refractivity contribution is 1.15. The van der Waals surface area contributed by atoms with Crippen molar-refractivity contribution in [1.82, 2.24) is 4.98 Å². The van der Waals surface area contributed by atoms with Crippen LogP contribution in [0.1, 0.15) is 11.1 Å². The Balaban J connectivity index is 1.86. The number of aromatic amines is 1. The fraction of sp³-hybridized carbons (Fsp3) is 0.125. The molecule has 2 N–H and O–H groups in total. The van der Waals surface area contributed by atoms with Crippen LogP contribution in [-0.4, -0.2) is 4.98 Å². The summed E-state index contributed by atoms with van der Waals surface area (Å²) in [6, 6.07) is 14.7. The SMILES string of the molecule is Cc1c(Br)cccc1NCc1cccc2cc[nH]c12. The molecular formula is C16H15BrN2. The maximum Gasteiger partial charge on any atom is 0.0504 e. The van der Waals surface area contributed by atoms with Crippen molar-refractivity contribution in [2.24, 2.45) is 0 Å². The molecule has 0 radical (unpaired) electrons. The Hall–Kier alpha value is -1.74. The molecule has 3 aromatic rings. The molecule has 0 saturated heterocycles. The predicted molar refractivity (Wildman–Crippen MR) is 84.5 cm³/mol. The van der Waals surface area contributed by atoms with E-state index in [1.807, 2.05) is 6.20 Å². The van der Waals surface area contributed by atoms with Crippen LogP contribution in [0.3, 0.4) is 0 Å². The molecule has 19 heavy (non-hydrogen) atoms. The number of para-hydroxylation sites is 1. The molecule has 0 aliphatic carbocycles. The lowest BCUT2D eigenvalue weighted by atomic mass is 10.1. The first kappa shape index (κ1) is 12.3. The number of halogens is 1. The van der Waals surface area contributed by atoms with Crippen molar-refractivity contribution >= 4 is 32.5 Å². The van der Waals surface area contributed by atoms with Gasteiger partial charge in [-0.3, -0.25) is 0 Å². The van der Waals surface area contributed by atoms with E-state index in [1.54, 1.807) is 0 Å². The maximum absolute atomic E-state index is 3.56. The Kier molecular flexibility index (Phi) is 3.30. The Bertz CT molecular complexity index is 716. The monoisotopic (exact) mass is 314 g/mol. The number of benzene rings is 2. The van der Waals surface area contributed by atoms with E-state index < -0.39 is 0 Å². The van der Waals surface area contributed by atoms with Crippen LogP contribution in [0.25, 0.3) is 10.9 Å². The Labute approximate surface area is 121 Å². The molecule has 0 spiro atoms. The van der Waals surface area contributed by atoms with Crippen molar-refractivity contribution in [1.29, 1.82) is 0 Å². The van der Waals surface area contributed by atoms with E-state index in [-0.39, 0.29) is 0 Å². The largest absolute Gasteiger partial charge is 0.381 e. The molecule has 1 heterocycles. The quantitative estimate of drug-likeness (QED) is 0.710. The maximum atomic E-state index is 3.56. The number of nitrogens with one attached hydrogen (secondary N) is 2. The second-order valence-corrected chi connectivity index (χ2v) is 5.48. The standard InChI is InChI=1S/C16H15BrN2/c1-11-14(17)6-3-7-15(11)19-10-13-5-2-4-12-8-9-18-16(12)13/h2-9,18-19H,10H2,1H3. The number of H-pyrrole nitrogens is 1. The van der Waals surface area contributed by atoms with Gasteiger partial charge in [0.15, 0.2) is 0 Å². The summed E-state index contributed by atoms with van der Waals surface area (Å²) in [4.78, 5) is 3.30. The lowest BCUT2D eigenvalue weighted by Gasteiger charge is -2.11. The summed E-state index contributed by atoms with van der Waals surface area (Å²) in [6.07, 6.45) is 1.98. The molecular weight excluding hydrogens is 300 g/mol. The average molecular weight is 315 g/mol. The summed E-state index contributed by atoms with van der Waals surface area (Å²) in [5.41, 5.74) is 4.89. The first-order chi connectivity index (χ1) is 9.25. The van der Waals surface area contributed by atoms with Crippen molar-refractivity contribution in [2.75, 3.05) is 5.32 Å². The minimum atomic E-state index is 0.815. The molecule has 0 aliphatic heterocycles. The van der Waals surface area contributed by atoms with Gasteiger partial charge in [0.05, 0.1) is 5.52 Å². The number of hydrogen-bond donors (Lipinski definition) is 2. The summed E-state index contributed by atoms with van der Waals surface area (Å²) in [6.45, 7) is 2.93. The van der Waals surface area contributed by atoms with Gasteiger partial charge in [-0.25, -0.2) is 0 Å². The summed E-state index contributed by atoms with van der Waals surface area (Å²) in [5.74, 6) is 0. The number of hydrogen-bond acceptors (Lipinski definition) is 1. The zero-order chi connectivity index (χ0) is 13.2. The molecule has 0 fully saturated rings. The molecule has 0 atom stereocenters. The van der Waals surface area contributed by atoms with Crippen molar-refractivity contribution in [3.8, 4) is 0 Å². The van der Waals surface area contributed by atoms with Gasteiger partial charge < -0.3 is 10.3 Å². The molecule has 0 saturated carbocycles. The third-order valence-corrected chi connectivity index (χ3v) is 4.27. The third-order valence-electron chi connectivity index (χ3n) is 3.41. The molecule has 0 bridgehead atoms. The van der Waals surface area contributed by atoms with Gasteiger partial charge in [-0.2, -0.15) is 0 Å². The second-order valence-electron chi connectivity index (χ2n) is 4.62. The van der Waals surface area contributed by atoms with Crippen LogP contribution in [0.5, 0.6) is 0 Å². The van der Waals surface area contributed by atoms with E-state index in [9.17, 15) is 0 Å². The van der Waals surface area contributed by atoms with E-state index >= 15 is 0 Å². The fourth-order valence-electron chi connectivity index (χ4n) is 2.29. The van der Waals surface area contributed by atoms with Crippen LogP contribution in [0.4, 0.5) is 5.69 Å². The summed E-state index contributed by atoms with van der Waals surface area (Å²) < 4.78 is 1.13. The minimum absolute atomic E-state index is 0.815. The summed E-state index contributed by atoms with van der Waals surface area (Å²) in [7, 11) is 0. The second kappa shape index (κ2) is 5.10. The molecule has 2 nitrogen and oxygen atoms in total. The topological polar surface area (TPSA) is 27.8 Å².